The molecular formula is C18H17NO3. The normalized spacial score (nSPS) is 10.8. The van der Waals surface area contributed by atoms with Gasteiger partial charge in [-0.05, 0) is 42.3 Å². The van der Waals surface area contributed by atoms with E-state index in [2.05, 4.69) is 0 Å². The van der Waals surface area contributed by atoms with Gasteiger partial charge < -0.3 is 14.4 Å². The number of aryl methyl sites for hydroxylation is 1. The molecule has 3 rings (SSSR count). The Hall–Kier alpha value is -2.75. The number of ether oxygens (including phenoxy) is 1. The third kappa shape index (κ3) is 2.33. The maximum atomic E-state index is 11.4. The molecule has 0 aliphatic heterocycles. The highest BCUT2D eigenvalue weighted by Crippen LogP contribution is 2.29. The SMILES string of the molecule is CCn1cc(C(=O)O)c2cc(-c3ccc(OC)cc3)ccc21. The molecule has 0 unspecified atom stereocenters. The number of nitrogens with zero attached hydrogens (tertiary/aromatic N) is 1. The zero-order chi connectivity index (χ0) is 15.7. The molecule has 0 saturated heterocycles. The van der Waals surface area contributed by atoms with Gasteiger partial charge in [0.25, 0.3) is 0 Å². The van der Waals surface area contributed by atoms with Crippen LogP contribution in [0.2, 0.25) is 0 Å². The molecular weight excluding hydrogens is 278 g/mol. The van der Waals surface area contributed by atoms with Gasteiger partial charge in [0, 0.05) is 23.6 Å². The van der Waals surface area contributed by atoms with Crippen LogP contribution in [-0.2, 0) is 6.54 Å². The average molecular weight is 295 g/mol. The van der Waals surface area contributed by atoms with Crippen LogP contribution in [0.15, 0.2) is 48.7 Å². The van der Waals surface area contributed by atoms with Gasteiger partial charge in [-0.2, -0.15) is 0 Å². The summed E-state index contributed by atoms with van der Waals surface area (Å²) in [6, 6.07) is 13.7. The van der Waals surface area contributed by atoms with Gasteiger partial charge in [0.1, 0.15) is 5.75 Å². The van der Waals surface area contributed by atoms with E-state index in [0.29, 0.717) is 5.56 Å². The molecule has 4 heteroatoms. The van der Waals surface area contributed by atoms with Gasteiger partial charge in [0.05, 0.1) is 12.7 Å². The fourth-order valence-electron chi connectivity index (χ4n) is 2.69. The van der Waals surface area contributed by atoms with Crippen molar-refractivity contribution in [3.63, 3.8) is 0 Å². The number of carboxylic acid groups (broad SMARTS) is 1. The first kappa shape index (κ1) is 14.2. The monoisotopic (exact) mass is 295 g/mol. The van der Waals surface area contributed by atoms with Crippen molar-refractivity contribution in [1.29, 1.82) is 0 Å². The number of hydrogen-bond acceptors (Lipinski definition) is 2. The summed E-state index contributed by atoms with van der Waals surface area (Å²) in [5.74, 6) is -0.0998. The summed E-state index contributed by atoms with van der Waals surface area (Å²) in [6.07, 6.45) is 1.70. The largest absolute Gasteiger partial charge is 0.497 e. The molecule has 0 atom stereocenters. The molecule has 3 aromatic rings. The Bertz CT molecular complexity index is 831. The van der Waals surface area contributed by atoms with E-state index in [-0.39, 0.29) is 0 Å². The molecule has 1 heterocycles. The van der Waals surface area contributed by atoms with Crippen molar-refractivity contribution in [3.05, 3.63) is 54.2 Å². The topological polar surface area (TPSA) is 51.5 Å². The molecule has 0 bridgehead atoms. The van der Waals surface area contributed by atoms with E-state index in [1.54, 1.807) is 13.3 Å². The van der Waals surface area contributed by atoms with Gasteiger partial charge in [-0.1, -0.05) is 18.2 Å². The van der Waals surface area contributed by atoms with Crippen LogP contribution in [0.5, 0.6) is 5.75 Å². The first-order chi connectivity index (χ1) is 10.6. The van der Waals surface area contributed by atoms with Gasteiger partial charge in [-0.15, -0.1) is 0 Å². The first-order valence-electron chi connectivity index (χ1n) is 7.14. The van der Waals surface area contributed by atoms with E-state index in [1.165, 1.54) is 0 Å². The first-order valence-corrected chi connectivity index (χ1v) is 7.14. The maximum Gasteiger partial charge on any atom is 0.337 e. The Morgan fingerprint density at radius 2 is 1.82 bits per heavy atom. The number of carbonyl (C=O) groups is 1. The minimum absolute atomic E-state index is 0.340. The molecule has 0 aliphatic rings. The zero-order valence-corrected chi connectivity index (χ0v) is 12.5. The van der Waals surface area contributed by atoms with Crippen LogP contribution in [0.3, 0.4) is 0 Å². The van der Waals surface area contributed by atoms with E-state index in [0.717, 1.165) is 34.3 Å². The predicted octanol–water partition coefficient (Wildman–Crippen LogP) is 4.04. The van der Waals surface area contributed by atoms with Crippen LogP contribution in [0.25, 0.3) is 22.0 Å². The fraction of sp³-hybridized carbons (Fsp3) is 0.167. The second-order valence-electron chi connectivity index (χ2n) is 5.09. The van der Waals surface area contributed by atoms with Crippen LogP contribution >= 0.6 is 0 Å². The molecule has 0 amide bonds. The van der Waals surface area contributed by atoms with Gasteiger partial charge in [0.15, 0.2) is 0 Å². The molecule has 0 radical (unpaired) electrons. The molecule has 0 saturated carbocycles. The van der Waals surface area contributed by atoms with Crippen LogP contribution in [0, 0.1) is 0 Å². The van der Waals surface area contributed by atoms with Crippen LogP contribution in [0.4, 0.5) is 0 Å². The summed E-state index contributed by atoms with van der Waals surface area (Å²) in [5.41, 5.74) is 3.30. The second-order valence-corrected chi connectivity index (χ2v) is 5.09. The molecule has 4 nitrogen and oxygen atoms in total. The highest BCUT2D eigenvalue weighted by molar-refractivity contribution is 6.04. The number of fused-ring (bicyclic) bond motifs is 1. The van der Waals surface area contributed by atoms with Gasteiger partial charge in [-0.25, -0.2) is 4.79 Å². The van der Waals surface area contributed by atoms with E-state index >= 15 is 0 Å². The third-order valence-corrected chi connectivity index (χ3v) is 3.88. The summed E-state index contributed by atoms with van der Waals surface area (Å²) in [4.78, 5) is 11.4. The summed E-state index contributed by atoms with van der Waals surface area (Å²) < 4.78 is 7.12. The number of hydrogen-bond donors (Lipinski definition) is 1. The predicted molar refractivity (Wildman–Crippen MR) is 86.6 cm³/mol. The molecule has 1 aromatic heterocycles. The van der Waals surface area contributed by atoms with E-state index < -0.39 is 5.97 Å². The van der Waals surface area contributed by atoms with Crippen molar-refractivity contribution in [1.82, 2.24) is 4.57 Å². The minimum Gasteiger partial charge on any atom is -0.497 e. The second kappa shape index (κ2) is 5.56. The van der Waals surface area contributed by atoms with Crippen LogP contribution in [-0.4, -0.2) is 22.8 Å². The summed E-state index contributed by atoms with van der Waals surface area (Å²) in [6.45, 7) is 2.74. The van der Waals surface area contributed by atoms with Gasteiger partial charge in [0.2, 0.25) is 0 Å². The Morgan fingerprint density at radius 1 is 1.14 bits per heavy atom. The van der Waals surface area contributed by atoms with Crippen molar-refractivity contribution in [2.75, 3.05) is 7.11 Å². The summed E-state index contributed by atoms with van der Waals surface area (Å²) >= 11 is 0. The lowest BCUT2D eigenvalue weighted by Gasteiger charge is -2.06. The highest BCUT2D eigenvalue weighted by atomic mass is 16.5. The number of carboxylic acids is 1. The smallest absolute Gasteiger partial charge is 0.337 e. The maximum absolute atomic E-state index is 11.4. The van der Waals surface area contributed by atoms with Gasteiger partial charge >= 0.3 is 5.97 Å². The number of rotatable bonds is 4. The zero-order valence-electron chi connectivity index (χ0n) is 12.5. The fourth-order valence-corrected chi connectivity index (χ4v) is 2.69. The Labute approximate surface area is 128 Å². The number of benzene rings is 2. The Balaban J connectivity index is 2.15. The van der Waals surface area contributed by atoms with E-state index in [9.17, 15) is 9.90 Å². The summed E-state index contributed by atoms with van der Waals surface area (Å²) in [7, 11) is 1.63. The van der Waals surface area contributed by atoms with Crippen molar-refractivity contribution < 1.29 is 14.6 Å². The van der Waals surface area contributed by atoms with Crippen molar-refractivity contribution >= 4 is 16.9 Å². The van der Waals surface area contributed by atoms with E-state index in [4.69, 9.17) is 4.74 Å². The number of aromatic carboxylic acids is 1. The number of aromatic nitrogens is 1. The quantitative estimate of drug-likeness (QED) is 0.790. The summed E-state index contributed by atoms with van der Waals surface area (Å²) in [5, 5.41) is 10.2. The molecule has 1 N–H and O–H groups in total. The van der Waals surface area contributed by atoms with Crippen molar-refractivity contribution in [2.24, 2.45) is 0 Å². The molecule has 112 valence electrons. The number of methoxy groups -OCH3 is 1. The molecule has 2 aromatic carbocycles. The standard InChI is InChI=1S/C18H17NO3/c1-3-19-11-16(18(20)21)15-10-13(6-9-17(15)19)12-4-7-14(22-2)8-5-12/h4-11H,3H2,1-2H3,(H,20,21). The van der Waals surface area contributed by atoms with Crippen molar-refractivity contribution in [2.45, 2.75) is 13.5 Å². The Kier molecular flexibility index (Phi) is 3.59. The third-order valence-electron chi connectivity index (χ3n) is 3.88. The van der Waals surface area contributed by atoms with Gasteiger partial charge in [-0.3, -0.25) is 0 Å². The van der Waals surface area contributed by atoms with Crippen LogP contribution < -0.4 is 4.74 Å². The lowest BCUT2D eigenvalue weighted by molar-refractivity contribution is 0.0699. The molecule has 0 spiro atoms. The molecule has 0 fully saturated rings. The van der Waals surface area contributed by atoms with Crippen LogP contribution in [0.1, 0.15) is 17.3 Å². The minimum atomic E-state index is -0.899. The lowest BCUT2D eigenvalue weighted by atomic mass is 10.0. The highest BCUT2D eigenvalue weighted by Gasteiger charge is 2.14. The molecule has 0 aliphatic carbocycles. The van der Waals surface area contributed by atoms with E-state index in [1.807, 2.05) is 54.0 Å². The lowest BCUT2D eigenvalue weighted by Crippen LogP contribution is -1.94. The average Bonchev–Trinajstić information content (AvgIpc) is 2.93. The Morgan fingerprint density at radius 3 is 2.41 bits per heavy atom. The van der Waals surface area contributed by atoms with Crippen molar-refractivity contribution in [3.8, 4) is 16.9 Å². The molecule has 22 heavy (non-hydrogen) atoms.